The molecule has 0 aliphatic carbocycles. The molecule has 220 valence electrons. The summed E-state index contributed by atoms with van der Waals surface area (Å²) in [6, 6.07) is 18.7. The molecule has 0 saturated carbocycles. The number of carbonyl (C=O) groups is 2. The first-order chi connectivity index (χ1) is 20.7. The van der Waals surface area contributed by atoms with Gasteiger partial charge in [0, 0.05) is 18.2 Å². The van der Waals surface area contributed by atoms with Crippen molar-refractivity contribution in [3.05, 3.63) is 90.3 Å². The molecule has 0 atom stereocenters. The molecule has 1 fully saturated rings. The molecule has 3 amide bonds. The maximum absolute atomic E-state index is 12.6. The number of ether oxygens (including phenoxy) is 2. The van der Waals surface area contributed by atoms with E-state index in [1.165, 1.54) is 46.4 Å². The highest BCUT2D eigenvalue weighted by molar-refractivity contribution is 8.15. The van der Waals surface area contributed by atoms with Crippen molar-refractivity contribution in [1.29, 1.82) is 0 Å². The predicted molar refractivity (Wildman–Crippen MR) is 154 cm³/mol. The van der Waals surface area contributed by atoms with Crippen molar-refractivity contribution >= 4 is 40.8 Å². The molecule has 0 radical (unpaired) electrons. The summed E-state index contributed by atoms with van der Waals surface area (Å²) in [5.74, 6) is 0.00917. The van der Waals surface area contributed by atoms with E-state index in [0.717, 1.165) is 17.3 Å². The van der Waals surface area contributed by atoms with Gasteiger partial charge in [0.05, 0.1) is 29.9 Å². The third-order valence-electron chi connectivity index (χ3n) is 5.86. The smallest absolute Gasteiger partial charge is 0.406 e. The third-order valence-corrected chi connectivity index (χ3v) is 6.79. The molecule has 1 aliphatic heterocycles. The fourth-order valence-corrected chi connectivity index (χ4v) is 4.86. The summed E-state index contributed by atoms with van der Waals surface area (Å²) in [4.78, 5) is 34.7. The Labute approximate surface area is 247 Å². The van der Waals surface area contributed by atoms with Crippen molar-refractivity contribution in [2.45, 2.75) is 13.0 Å². The van der Waals surface area contributed by atoms with E-state index in [9.17, 15) is 22.8 Å². The summed E-state index contributed by atoms with van der Waals surface area (Å²) >= 11 is 1.15. The van der Waals surface area contributed by atoms with E-state index in [2.05, 4.69) is 30.3 Å². The number of halogens is 3. The molecule has 43 heavy (non-hydrogen) atoms. The van der Waals surface area contributed by atoms with Crippen LogP contribution in [0.3, 0.4) is 0 Å². The number of amidine groups is 1. The molecule has 0 bridgehead atoms. The lowest BCUT2D eigenvalue weighted by molar-refractivity contribution is -0.274. The summed E-state index contributed by atoms with van der Waals surface area (Å²) in [6.07, 6.45) is -1.90. The van der Waals surface area contributed by atoms with Crippen molar-refractivity contribution in [3.63, 3.8) is 0 Å². The van der Waals surface area contributed by atoms with E-state index in [1.54, 1.807) is 43.5 Å². The van der Waals surface area contributed by atoms with Crippen LogP contribution in [0.4, 0.5) is 23.7 Å². The van der Waals surface area contributed by atoms with Crippen molar-refractivity contribution in [2.24, 2.45) is 10.1 Å². The Bertz CT molecular complexity index is 1670. The molecule has 1 aliphatic rings. The van der Waals surface area contributed by atoms with Crippen LogP contribution in [0.1, 0.15) is 11.1 Å². The predicted octanol–water partition coefficient (Wildman–Crippen LogP) is 5.16. The van der Waals surface area contributed by atoms with Crippen LogP contribution in [-0.2, 0) is 16.1 Å². The molecule has 5 rings (SSSR count). The molecule has 1 N–H and O–H groups in total. The second-order valence-corrected chi connectivity index (χ2v) is 9.77. The summed E-state index contributed by atoms with van der Waals surface area (Å²) in [5.41, 5.74) is 5.56. The zero-order chi connectivity index (χ0) is 30.4. The number of anilines is 1. The Morgan fingerprint density at radius 2 is 1.84 bits per heavy atom. The fourth-order valence-electron chi connectivity index (χ4n) is 4.00. The highest BCUT2D eigenvalue weighted by Gasteiger charge is 2.32. The van der Waals surface area contributed by atoms with Crippen LogP contribution in [0.5, 0.6) is 5.75 Å². The lowest BCUT2D eigenvalue weighted by atomic mass is 10.1. The average Bonchev–Trinajstić information content (AvgIpc) is 3.61. The summed E-state index contributed by atoms with van der Waals surface area (Å²) in [6.45, 7) is 0.295. The second-order valence-electron chi connectivity index (χ2n) is 8.83. The van der Waals surface area contributed by atoms with Gasteiger partial charge in [-0.25, -0.2) is 19.9 Å². The van der Waals surface area contributed by atoms with Gasteiger partial charge in [-0.2, -0.15) is 10.1 Å². The number of para-hydroxylation sites is 1. The molecule has 4 aromatic rings. The Hall–Kier alpha value is -5.02. The van der Waals surface area contributed by atoms with Crippen molar-refractivity contribution < 1.29 is 32.2 Å². The molecule has 1 saturated heterocycles. The minimum absolute atomic E-state index is 0.152. The van der Waals surface area contributed by atoms with Crippen molar-refractivity contribution in [1.82, 2.24) is 20.2 Å². The first kappa shape index (κ1) is 29.5. The minimum Gasteiger partial charge on any atom is -0.406 e. The van der Waals surface area contributed by atoms with Gasteiger partial charge in [-0.1, -0.05) is 54.2 Å². The molecule has 15 heteroatoms. The SMILES string of the molecule is COCc1ccccc1N1C(=O)CS/C1=N\C(=O)N/N=C/c1ccc(-c2ncn(-c3ccc(OC(F)(F)F)cc3)n2)cc1. The first-order valence-electron chi connectivity index (χ1n) is 12.5. The van der Waals surface area contributed by atoms with Gasteiger partial charge in [-0.15, -0.1) is 18.3 Å². The van der Waals surface area contributed by atoms with E-state index < -0.39 is 12.4 Å². The fraction of sp³-hybridized carbons (Fsp3) is 0.143. The summed E-state index contributed by atoms with van der Waals surface area (Å²) in [7, 11) is 1.56. The number of amides is 3. The number of hydrogen-bond acceptors (Lipinski definition) is 8. The van der Waals surface area contributed by atoms with E-state index in [-0.39, 0.29) is 22.6 Å². The van der Waals surface area contributed by atoms with Crippen molar-refractivity contribution in [2.75, 3.05) is 17.8 Å². The topological polar surface area (TPSA) is 123 Å². The number of methoxy groups -OCH3 is 1. The Morgan fingerprint density at radius 1 is 1.09 bits per heavy atom. The molecule has 2 heterocycles. The Balaban J connectivity index is 1.20. The molecule has 1 aromatic heterocycles. The van der Waals surface area contributed by atoms with Crippen LogP contribution in [0.2, 0.25) is 0 Å². The maximum Gasteiger partial charge on any atom is 0.573 e. The number of urea groups is 1. The number of hydrogen-bond donors (Lipinski definition) is 1. The Morgan fingerprint density at radius 3 is 2.56 bits per heavy atom. The number of alkyl halides is 3. The number of aromatic nitrogens is 3. The van der Waals surface area contributed by atoms with Gasteiger partial charge in [-0.3, -0.25) is 9.69 Å². The zero-order valence-corrected chi connectivity index (χ0v) is 23.2. The van der Waals surface area contributed by atoms with Gasteiger partial charge in [-0.05, 0) is 35.9 Å². The normalized spacial score (nSPS) is 14.6. The second kappa shape index (κ2) is 12.9. The van der Waals surface area contributed by atoms with Gasteiger partial charge < -0.3 is 9.47 Å². The third kappa shape index (κ3) is 7.44. The number of thioether (sulfide) groups is 1. The van der Waals surface area contributed by atoms with Gasteiger partial charge >= 0.3 is 12.4 Å². The van der Waals surface area contributed by atoms with E-state index in [0.29, 0.717) is 34.9 Å². The van der Waals surface area contributed by atoms with E-state index in [4.69, 9.17) is 4.74 Å². The van der Waals surface area contributed by atoms with Gasteiger partial charge in [0.1, 0.15) is 12.1 Å². The monoisotopic (exact) mass is 609 g/mol. The number of hydrazone groups is 1. The van der Waals surface area contributed by atoms with Gasteiger partial charge in [0.25, 0.3) is 0 Å². The number of carbonyl (C=O) groups excluding carboxylic acids is 2. The number of benzene rings is 3. The highest BCUT2D eigenvalue weighted by atomic mass is 32.2. The average molecular weight is 610 g/mol. The molecule has 3 aromatic carbocycles. The van der Waals surface area contributed by atoms with Crippen LogP contribution in [0.15, 0.2) is 89.2 Å². The lowest BCUT2D eigenvalue weighted by Gasteiger charge is -2.19. The largest absolute Gasteiger partial charge is 0.573 e. The summed E-state index contributed by atoms with van der Waals surface area (Å²) < 4.78 is 47.6. The number of nitrogens with zero attached hydrogens (tertiary/aromatic N) is 6. The molecule has 0 spiro atoms. The number of aliphatic imine (C=N–C) groups is 1. The number of nitrogens with one attached hydrogen (secondary N) is 1. The lowest BCUT2D eigenvalue weighted by Crippen LogP contribution is -2.31. The van der Waals surface area contributed by atoms with Gasteiger partial charge in [0.15, 0.2) is 11.0 Å². The number of rotatable bonds is 8. The van der Waals surface area contributed by atoms with Crippen LogP contribution in [0.25, 0.3) is 17.1 Å². The van der Waals surface area contributed by atoms with Crippen LogP contribution in [0, 0.1) is 0 Å². The molecule has 0 unspecified atom stereocenters. The first-order valence-corrected chi connectivity index (χ1v) is 13.5. The molecular weight excluding hydrogens is 587 g/mol. The zero-order valence-electron chi connectivity index (χ0n) is 22.4. The molecular formula is C28H22F3N7O4S. The highest BCUT2D eigenvalue weighted by Crippen LogP contribution is 2.30. The minimum atomic E-state index is -4.77. The Kier molecular flexibility index (Phi) is 8.82. The standard InChI is InChI=1S/C28H22F3N7O4S/c1-41-15-20-4-2-3-5-23(20)38-24(39)16-43-27(38)34-26(40)35-33-14-18-6-8-19(9-7-18)25-32-17-37(36-25)21-10-12-22(13-11-21)42-28(29,30)31/h2-14,17H,15-16H2,1H3,(H,35,40)/b33-14+,34-27-. The van der Waals surface area contributed by atoms with E-state index in [1.807, 2.05) is 12.1 Å². The summed E-state index contributed by atoms with van der Waals surface area (Å²) in [5, 5.41) is 8.55. The maximum atomic E-state index is 12.6. The quantitative estimate of drug-likeness (QED) is 0.216. The van der Waals surface area contributed by atoms with Gasteiger partial charge in [0.2, 0.25) is 5.91 Å². The van der Waals surface area contributed by atoms with Crippen LogP contribution >= 0.6 is 11.8 Å². The van der Waals surface area contributed by atoms with E-state index >= 15 is 0 Å². The van der Waals surface area contributed by atoms with Crippen molar-refractivity contribution in [3.8, 4) is 22.8 Å². The molecule has 11 nitrogen and oxygen atoms in total. The van der Waals surface area contributed by atoms with Crippen LogP contribution < -0.4 is 15.1 Å². The van der Waals surface area contributed by atoms with Crippen LogP contribution in [-0.4, -0.2) is 57.3 Å².